The summed E-state index contributed by atoms with van der Waals surface area (Å²) in [6, 6.07) is 7.42. The van der Waals surface area contributed by atoms with Crippen LogP contribution in [0.25, 0.3) is 0 Å². The summed E-state index contributed by atoms with van der Waals surface area (Å²) in [5.41, 5.74) is 5.96. The van der Waals surface area contributed by atoms with Crippen molar-refractivity contribution in [3.63, 3.8) is 0 Å². The molecule has 1 fully saturated rings. The smallest absolute Gasteiger partial charge is 0.325 e. The Balaban J connectivity index is 2.27. The monoisotopic (exact) mass is 290 g/mol. The molecule has 2 rings (SSSR count). The van der Waals surface area contributed by atoms with Gasteiger partial charge >= 0.3 is 6.03 Å². The van der Waals surface area contributed by atoms with Crippen molar-refractivity contribution in [2.45, 2.75) is 13.0 Å². The van der Waals surface area contributed by atoms with E-state index in [1.54, 1.807) is 12.1 Å². The van der Waals surface area contributed by atoms with E-state index in [0.29, 0.717) is 18.8 Å². The average molecular weight is 290 g/mol. The van der Waals surface area contributed by atoms with E-state index in [1.165, 1.54) is 9.80 Å². The van der Waals surface area contributed by atoms with Gasteiger partial charge in [-0.25, -0.2) is 4.79 Å². The third-order valence-electron chi connectivity index (χ3n) is 3.34. The predicted octanol–water partition coefficient (Wildman–Crippen LogP) is -0.0814. The van der Waals surface area contributed by atoms with Crippen LogP contribution in [0.4, 0.5) is 10.5 Å². The van der Waals surface area contributed by atoms with Crippen LogP contribution in [0.3, 0.4) is 0 Å². The fourth-order valence-corrected chi connectivity index (χ4v) is 2.35. The van der Waals surface area contributed by atoms with Gasteiger partial charge in [0.2, 0.25) is 5.91 Å². The first-order chi connectivity index (χ1) is 10.1. The molecule has 1 aliphatic heterocycles. The zero-order valence-corrected chi connectivity index (χ0v) is 11.8. The van der Waals surface area contributed by atoms with Crippen LogP contribution >= 0.6 is 0 Å². The fraction of sp³-hybridized carbons (Fsp3) is 0.357. The molecule has 1 saturated heterocycles. The molecular formula is C14H18N4O3. The largest absolute Gasteiger partial charge is 0.367 e. The molecule has 21 heavy (non-hydrogen) atoms. The third-order valence-corrected chi connectivity index (χ3v) is 3.34. The summed E-state index contributed by atoms with van der Waals surface area (Å²) in [6.45, 7) is 2.81. The number of carbonyl (C=O) groups is 3. The number of nitrogens with one attached hydrogen (secondary N) is 1. The van der Waals surface area contributed by atoms with Gasteiger partial charge in [-0.3, -0.25) is 14.5 Å². The molecule has 4 amide bonds. The summed E-state index contributed by atoms with van der Waals surface area (Å²) in [7, 11) is 0. The maximum absolute atomic E-state index is 12.7. The highest BCUT2D eigenvalue weighted by molar-refractivity contribution is 6.08. The number of amides is 4. The molecule has 3 N–H and O–H groups in total. The van der Waals surface area contributed by atoms with E-state index in [4.69, 9.17) is 5.73 Å². The number of anilines is 1. The Morgan fingerprint density at radius 3 is 2.62 bits per heavy atom. The van der Waals surface area contributed by atoms with E-state index in [9.17, 15) is 14.4 Å². The molecule has 1 aromatic carbocycles. The maximum Gasteiger partial charge on any atom is 0.325 e. The Bertz CT molecular complexity index is 546. The molecular weight excluding hydrogens is 272 g/mol. The standard InChI is InChI=1S/C14H18N4O3/c1-2-17(10-6-4-3-5-7-10)14(21)18-9-8-16-13(20)11(18)12(15)19/h3-7,11H,2,8-9H2,1H3,(H2,15,19)(H,16,20). The average Bonchev–Trinajstić information content (AvgIpc) is 2.48. The zero-order valence-electron chi connectivity index (χ0n) is 11.8. The minimum atomic E-state index is -1.26. The summed E-state index contributed by atoms with van der Waals surface area (Å²) < 4.78 is 0. The molecule has 0 spiro atoms. The minimum Gasteiger partial charge on any atom is -0.367 e. The molecule has 0 saturated carbocycles. The van der Waals surface area contributed by atoms with Gasteiger partial charge in [0.05, 0.1) is 0 Å². The van der Waals surface area contributed by atoms with Crippen LogP contribution in [0.2, 0.25) is 0 Å². The summed E-state index contributed by atoms with van der Waals surface area (Å²) in [4.78, 5) is 38.6. The topological polar surface area (TPSA) is 95.7 Å². The van der Waals surface area contributed by atoms with Gasteiger partial charge in [0.25, 0.3) is 5.91 Å². The number of carbonyl (C=O) groups excluding carboxylic acids is 3. The second-order valence-corrected chi connectivity index (χ2v) is 4.65. The second-order valence-electron chi connectivity index (χ2n) is 4.65. The zero-order chi connectivity index (χ0) is 15.4. The minimum absolute atomic E-state index is 0.252. The first kappa shape index (κ1) is 14.8. The molecule has 112 valence electrons. The Kier molecular flexibility index (Phi) is 4.42. The van der Waals surface area contributed by atoms with Crippen LogP contribution in [-0.2, 0) is 9.59 Å². The number of hydrogen-bond acceptors (Lipinski definition) is 3. The van der Waals surface area contributed by atoms with Gasteiger partial charge in [-0.2, -0.15) is 0 Å². The molecule has 0 aliphatic carbocycles. The van der Waals surface area contributed by atoms with Crippen LogP contribution in [-0.4, -0.2) is 48.4 Å². The Morgan fingerprint density at radius 2 is 2.05 bits per heavy atom. The highest BCUT2D eigenvalue weighted by Crippen LogP contribution is 2.17. The summed E-state index contributed by atoms with van der Waals surface area (Å²) >= 11 is 0. The van der Waals surface area contributed by atoms with Crippen molar-refractivity contribution >= 4 is 23.5 Å². The number of para-hydroxylation sites is 1. The molecule has 1 heterocycles. The number of nitrogens with two attached hydrogens (primary N) is 1. The Morgan fingerprint density at radius 1 is 1.38 bits per heavy atom. The number of hydrogen-bond donors (Lipinski definition) is 2. The van der Waals surface area contributed by atoms with Crippen molar-refractivity contribution in [2.75, 3.05) is 24.5 Å². The molecule has 1 unspecified atom stereocenters. The SMILES string of the molecule is CCN(C(=O)N1CCNC(=O)C1C(N)=O)c1ccccc1. The number of rotatable bonds is 3. The highest BCUT2D eigenvalue weighted by atomic mass is 16.2. The van der Waals surface area contributed by atoms with Gasteiger partial charge < -0.3 is 16.0 Å². The van der Waals surface area contributed by atoms with Crippen LogP contribution in [0.1, 0.15) is 6.92 Å². The molecule has 0 bridgehead atoms. The summed E-state index contributed by atoms with van der Waals surface area (Å²) in [5, 5.41) is 2.54. The van der Waals surface area contributed by atoms with E-state index in [2.05, 4.69) is 5.32 Å². The molecule has 1 aliphatic rings. The number of urea groups is 1. The van der Waals surface area contributed by atoms with Crippen LogP contribution in [0.15, 0.2) is 30.3 Å². The van der Waals surface area contributed by atoms with Gasteiger partial charge in [0.1, 0.15) is 0 Å². The molecule has 0 aromatic heterocycles. The highest BCUT2D eigenvalue weighted by Gasteiger charge is 2.39. The predicted molar refractivity (Wildman–Crippen MR) is 77.6 cm³/mol. The Hall–Kier alpha value is -2.57. The third kappa shape index (κ3) is 2.96. The van der Waals surface area contributed by atoms with Crippen molar-refractivity contribution in [1.29, 1.82) is 0 Å². The lowest BCUT2D eigenvalue weighted by Gasteiger charge is -2.36. The van der Waals surface area contributed by atoms with Gasteiger partial charge in [0, 0.05) is 25.3 Å². The number of benzene rings is 1. The lowest BCUT2D eigenvalue weighted by atomic mass is 10.1. The lowest BCUT2D eigenvalue weighted by molar-refractivity contribution is -0.136. The van der Waals surface area contributed by atoms with E-state index >= 15 is 0 Å². The van der Waals surface area contributed by atoms with Crippen molar-refractivity contribution in [2.24, 2.45) is 5.73 Å². The van der Waals surface area contributed by atoms with Gasteiger partial charge in [-0.15, -0.1) is 0 Å². The first-order valence-corrected chi connectivity index (χ1v) is 6.76. The van der Waals surface area contributed by atoms with E-state index < -0.39 is 23.9 Å². The lowest BCUT2D eigenvalue weighted by Crippen LogP contribution is -2.64. The summed E-state index contributed by atoms with van der Waals surface area (Å²) in [5.74, 6) is -1.36. The van der Waals surface area contributed by atoms with Crippen LogP contribution in [0, 0.1) is 0 Å². The first-order valence-electron chi connectivity index (χ1n) is 6.76. The van der Waals surface area contributed by atoms with Crippen molar-refractivity contribution in [1.82, 2.24) is 10.2 Å². The molecule has 0 radical (unpaired) electrons. The normalized spacial score (nSPS) is 18.0. The van der Waals surface area contributed by atoms with Crippen molar-refractivity contribution in [3.05, 3.63) is 30.3 Å². The van der Waals surface area contributed by atoms with E-state index in [0.717, 1.165) is 0 Å². The van der Waals surface area contributed by atoms with Crippen molar-refractivity contribution in [3.8, 4) is 0 Å². The van der Waals surface area contributed by atoms with Crippen molar-refractivity contribution < 1.29 is 14.4 Å². The van der Waals surface area contributed by atoms with E-state index in [-0.39, 0.29) is 6.54 Å². The summed E-state index contributed by atoms with van der Waals surface area (Å²) in [6.07, 6.45) is 0. The van der Waals surface area contributed by atoms with Gasteiger partial charge in [-0.05, 0) is 19.1 Å². The number of nitrogens with zero attached hydrogens (tertiary/aromatic N) is 2. The van der Waals surface area contributed by atoms with Crippen LogP contribution in [0.5, 0.6) is 0 Å². The van der Waals surface area contributed by atoms with Crippen LogP contribution < -0.4 is 16.0 Å². The number of piperazine rings is 1. The van der Waals surface area contributed by atoms with Gasteiger partial charge in [0.15, 0.2) is 6.04 Å². The quantitative estimate of drug-likeness (QED) is 0.762. The van der Waals surface area contributed by atoms with E-state index in [1.807, 2.05) is 25.1 Å². The second kappa shape index (κ2) is 6.25. The Labute approximate surface area is 122 Å². The fourth-order valence-electron chi connectivity index (χ4n) is 2.35. The molecule has 7 nitrogen and oxygen atoms in total. The molecule has 1 aromatic rings. The maximum atomic E-state index is 12.7. The number of primary amides is 1. The molecule has 7 heteroatoms. The molecule has 1 atom stereocenters. The van der Waals surface area contributed by atoms with Gasteiger partial charge in [-0.1, -0.05) is 18.2 Å².